The van der Waals surface area contributed by atoms with Crippen LogP contribution in [0.1, 0.15) is 5.01 Å². The fourth-order valence-electron chi connectivity index (χ4n) is 2.01. The molecule has 18 heavy (non-hydrogen) atoms. The number of nitrogens with zero attached hydrogens (tertiary/aromatic N) is 6. The number of hydrogen-bond donors (Lipinski definition) is 0. The number of piperazine rings is 1. The molecule has 0 spiro atoms. The van der Waals surface area contributed by atoms with Crippen LogP contribution >= 0.6 is 11.3 Å². The van der Waals surface area contributed by atoms with Crippen LogP contribution in [0.15, 0.2) is 18.6 Å². The zero-order valence-corrected chi connectivity index (χ0v) is 11.0. The third-order valence-electron chi connectivity index (χ3n) is 2.96. The van der Waals surface area contributed by atoms with Gasteiger partial charge in [0.05, 0.1) is 0 Å². The van der Waals surface area contributed by atoms with Crippen LogP contribution in [-0.4, -0.2) is 46.3 Å². The van der Waals surface area contributed by atoms with Crippen molar-refractivity contribution in [2.24, 2.45) is 0 Å². The maximum atomic E-state index is 4.28. The maximum absolute atomic E-state index is 4.28. The molecule has 6 nitrogen and oxygen atoms in total. The smallest absolute Gasteiger partial charge is 0.208 e. The molecule has 2 aromatic heterocycles. The molecule has 1 aliphatic rings. The van der Waals surface area contributed by atoms with Crippen molar-refractivity contribution in [1.82, 2.24) is 20.2 Å². The molecule has 94 valence electrons. The fourth-order valence-corrected chi connectivity index (χ4v) is 2.75. The van der Waals surface area contributed by atoms with Gasteiger partial charge in [-0.1, -0.05) is 11.3 Å². The van der Waals surface area contributed by atoms with Gasteiger partial charge >= 0.3 is 0 Å². The van der Waals surface area contributed by atoms with Crippen molar-refractivity contribution < 1.29 is 0 Å². The number of rotatable bonds is 2. The lowest BCUT2D eigenvalue weighted by molar-refractivity contribution is 0.643. The Morgan fingerprint density at radius 3 is 2.50 bits per heavy atom. The third kappa shape index (κ3) is 2.26. The molecule has 7 heteroatoms. The number of anilines is 2. The third-order valence-corrected chi connectivity index (χ3v) is 3.86. The van der Waals surface area contributed by atoms with Gasteiger partial charge in [0.2, 0.25) is 5.13 Å². The molecule has 3 heterocycles. The lowest BCUT2D eigenvalue weighted by atomic mass is 10.3. The summed E-state index contributed by atoms with van der Waals surface area (Å²) in [6.45, 7) is 5.81. The number of aryl methyl sites for hydroxylation is 1. The second-order valence-corrected chi connectivity index (χ2v) is 5.31. The molecule has 1 saturated heterocycles. The second-order valence-electron chi connectivity index (χ2n) is 4.15. The minimum Gasteiger partial charge on any atom is -0.353 e. The van der Waals surface area contributed by atoms with Gasteiger partial charge in [0, 0.05) is 32.4 Å². The summed E-state index contributed by atoms with van der Waals surface area (Å²) in [6.07, 6.45) is 3.37. The molecule has 1 aliphatic heterocycles. The van der Waals surface area contributed by atoms with Crippen LogP contribution in [0.2, 0.25) is 0 Å². The average molecular weight is 262 g/mol. The minimum atomic E-state index is 0.954. The number of hydrogen-bond acceptors (Lipinski definition) is 7. The molecule has 0 aliphatic carbocycles. The van der Waals surface area contributed by atoms with E-state index in [0.29, 0.717) is 0 Å². The Morgan fingerprint density at radius 2 is 1.89 bits per heavy atom. The van der Waals surface area contributed by atoms with Crippen molar-refractivity contribution in [2.45, 2.75) is 6.92 Å². The van der Waals surface area contributed by atoms with Crippen LogP contribution < -0.4 is 9.80 Å². The molecular formula is C11H14N6S. The highest BCUT2D eigenvalue weighted by atomic mass is 32.1. The van der Waals surface area contributed by atoms with Crippen molar-refractivity contribution in [1.29, 1.82) is 0 Å². The van der Waals surface area contributed by atoms with Gasteiger partial charge in [0.25, 0.3) is 0 Å². The van der Waals surface area contributed by atoms with Gasteiger partial charge in [-0.3, -0.25) is 0 Å². The first-order chi connectivity index (χ1) is 8.83. The zero-order valence-electron chi connectivity index (χ0n) is 10.2. The Kier molecular flexibility index (Phi) is 3.06. The van der Waals surface area contributed by atoms with Crippen molar-refractivity contribution >= 4 is 22.3 Å². The Hall–Kier alpha value is -1.76. The molecule has 3 rings (SSSR count). The van der Waals surface area contributed by atoms with E-state index < -0.39 is 0 Å². The second kappa shape index (κ2) is 4.85. The first kappa shape index (κ1) is 11.3. The molecule has 0 unspecified atom stereocenters. The van der Waals surface area contributed by atoms with E-state index in [1.807, 2.05) is 13.0 Å². The van der Waals surface area contributed by atoms with Crippen molar-refractivity contribution in [3.8, 4) is 0 Å². The lowest BCUT2D eigenvalue weighted by Crippen LogP contribution is -2.46. The van der Waals surface area contributed by atoms with E-state index in [1.165, 1.54) is 0 Å². The van der Waals surface area contributed by atoms with Gasteiger partial charge in [0.15, 0.2) is 0 Å². The quantitative estimate of drug-likeness (QED) is 0.803. The van der Waals surface area contributed by atoms with Crippen molar-refractivity contribution in [3.05, 3.63) is 23.6 Å². The SMILES string of the molecule is Cc1nnc(N2CCN(c3ccncn3)CC2)s1. The Bertz CT molecular complexity index is 505. The van der Waals surface area contributed by atoms with E-state index >= 15 is 0 Å². The van der Waals surface area contributed by atoms with E-state index in [1.54, 1.807) is 23.9 Å². The van der Waals surface area contributed by atoms with Crippen LogP contribution in [0, 0.1) is 6.92 Å². The van der Waals surface area contributed by atoms with Gasteiger partial charge < -0.3 is 9.80 Å². The van der Waals surface area contributed by atoms with Crippen molar-refractivity contribution in [2.75, 3.05) is 36.0 Å². The van der Waals surface area contributed by atoms with E-state index in [0.717, 1.165) is 42.1 Å². The van der Waals surface area contributed by atoms with Crippen molar-refractivity contribution in [3.63, 3.8) is 0 Å². The molecule has 0 aromatic carbocycles. The fraction of sp³-hybridized carbons (Fsp3) is 0.455. The molecule has 0 amide bonds. The monoisotopic (exact) mass is 262 g/mol. The van der Waals surface area contributed by atoms with Gasteiger partial charge in [-0.2, -0.15) is 0 Å². The highest BCUT2D eigenvalue weighted by Crippen LogP contribution is 2.21. The lowest BCUT2D eigenvalue weighted by Gasteiger charge is -2.34. The van der Waals surface area contributed by atoms with E-state index in [4.69, 9.17) is 0 Å². The van der Waals surface area contributed by atoms with E-state index in [-0.39, 0.29) is 0 Å². The predicted molar refractivity (Wildman–Crippen MR) is 71.1 cm³/mol. The summed E-state index contributed by atoms with van der Waals surface area (Å²) in [5.41, 5.74) is 0. The Labute approximate surface area is 109 Å². The van der Waals surface area contributed by atoms with Gasteiger partial charge in [-0.25, -0.2) is 9.97 Å². The molecule has 1 fully saturated rings. The molecule has 0 N–H and O–H groups in total. The van der Waals surface area contributed by atoms with Crippen LogP contribution in [0.5, 0.6) is 0 Å². The topological polar surface area (TPSA) is 58.0 Å². The van der Waals surface area contributed by atoms with E-state index in [2.05, 4.69) is 30.0 Å². The summed E-state index contributed by atoms with van der Waals surface area (Å²) < 4.78 is 0. The molecular weight excluding hydrogens is 248 g/mol. The van der Waals surface area contributed by atoms with E-state index in [9.17, 15) is 0 Å². The molecule has 2 aromatic rings. The molecule has 0 atom stereocenters. The maximum Gasteiger partial charge on any atom is 0.208 e. The first-order valence-electron chi connectivity index (χ1n) is 5.89. The van der Waals surface area contributed by atoms with Crippen LogP contribution in [0.25, 0.3) is 0 Å². The standard InChI is InChI=1S/C11H14N6S/c1-9-14-15-11(18-9)17-6-4-16(5-7-17)10-2-3-12-8-13-10/h2-3,8H,4-7H2,1H3. The Balaban J connectivity index is 1.65. The largest absolute Gasteiger partial charge is 0.353 e. The predicted octanol–water partition coefficient (Wildman–Crippen LogP) is 0.963. The van der Waals surface area contributed by atoms with Gasteiger partial charge in [-0.05, 0) is 13.0 Å². The normalized spacial score (nSPS) is 16.1. The summed E-state index contributed by atoms with van der Waals surface area (Å²) >= 11 is 1.65. The van der Waals surface area contributed by atoms with Crippen LogP contribution in [0.3, 0.4) is 0 Å². The summed E-state index contributed by atoms with van der Waals surface area (Å²) in [7, 11) is 0. The highest BCUT2D eigenvalue weighted by Gasteiger charge is 2.20. The average Bonchev–Trinajstić information content (AvgIpc) is 2.87. The molecule has 0 bridgehead atoms. The molecule has 0 radical (unpaired) electrons. The first-order valence-corrected chi connectivity index (χ1v) is 6.70. The summed E-state index contributed by atoms with van der Waals surface area (Å²) in [4.78, 5) is 12.8. The van der Waals surface area contributed by atoms with Crippen LogP contribution in [-0.2, 0) is 0 Å². The zero-order chi connectivity index (χ0) is 12.4. The Morgan fingerprint density at radius 1 is 1.11 bits per heavy atom. The summed E-state index contributed by atoms with van der Waals surface area (Å²) in [5.74, 6) is 0.998. The summed E-state index contributed by atoms with van der Waals surface area (Å²) in [6, 6.07) is 1.95. The van der Waals surface area contributed by atoms with Gasteiger partial charge in [0.1, 0.15) is 17.2 Å². The highest BCUT2D eigenvalue weighted by molar-refractivity contribution is 7.15. The van der Waals surface area contributed by atoms with Crippen LogP contribution in [0.4, 0.5) is 10.9 Å². The van der Waals surface area contributed by atoms with Gasteiger partial charge in [-0.15, -0.1) is 10.2 Å². The number of aromatic nitrogens is 4. The summed E-state index contributed by atoms with van der Waals surface area (Å²) in [5, 5.41) is 10.3. The minimum absolute atomic E-state index is 0.954. The molecule has 0 saturated carbocycles.